The Labute approximate surface area is 63.0 Å². The molecule has 0 fully saturated rings. The summed E-state index contributed by atoms with van der Waals surface area (Å²) in [5.41, 5.74) is 1.19. The monoisotopic (exact) mass is 140 g/mol. The maximum Gasteiger partial charge on any atom is 0.0872 e. The molecule has 1 unspecified atom stereocenters. The number of hydrogen-bond acceptors (Lipinski definition) is 2. The average Bonchev–Trinajstić information content (AvgIpc) is 1.91. The molecule has 0 aromatic carbocycles. The summed E-state index contributed by atoms with van der Waals surface area (Å²) in [7, 11) is 0. The van der Waals surface area contributed by atoms with Gasteiger partial charge in [0.1, 0.15) is 0 Å². The Balaban J connectivity index is 0.000000371. The molecule has 0 bridgehead atoms. The minimum atomic E-state index is 0.358. The maximum absolute atomic E-state index is 4.07. The standard InChI is InChI=1S/C6H10N2.C2H6/c1-5-3-6(2)8-4-7-5;1-2/h3-5H,1-2H3,(H,7,8);1-2H3. The van der Waals surface area contributed by atoms with E-state index in [4.69, 9.17) is 0 Å². The fraction of sp³-hybridized carbons (Fsp3) is 0.625. The Morgan fingerprint density at radius 3 is 2.40 bits per heavy atom. The predicted octanol–water partition coefficient (Wildman–Crippen LogP) is 1.94. The first kappa shape index (κ1) is 9.21. The first-order valence-corrected chi connectivity index (χ1v) is 3.75. The van der Waals surface area contributed by atoms with Crippen molar-refractivity contribution in [3.8, 4) is 0 Å². The lowest BCUT2D eigenvalue weighted by Crippen LogP contribution is -2.16. The first-order chi connectivity index (χ1) is 4.79. The zero-order valence-electron chi connectivity index (χ0n) is 7.18. The van der Waals surface area contributed by atoms with E-state index in [0.717, 1.165) is 0 Å². The molecule has 0 aliphatic carbocycles. The Kier molecular flexibility index (Phi) is 4.63. The van der Waals surface area contributed by atoms with Gasteiger partial charge in [-0.15, -0.1) is 0 Å². The molecule has 1 aliphatic rings. The highest BCUT2D eigenvalue weighted by atomic mass is 15.0. The predicted molar refractivity (Wildman–Crippen MR) is 46.2 cm³/mol. The van der Waals surface area contributed by atoms with E-state index in [0.29, 0.717) is 6.04 Å². The summed E-state index contributed by atoms with van der Waals surface area (Å²) in [6.07, 6.45) is 3.82. The molecule has 10 heavy (non-hydrogen) atoms. The lowest BCUT2D eigenvalue weighted by Gasteiger charge is -2.08. The quantitative estimate of drug-likeness (QED) is 0.546. The summed E-state index contributed by atoms with van der Waals surface area (Å²) >= 11 is 0. The van der Waals surface area contributed by atoms with Crippen molar-refractivity contribution in [2.24, 2.45) is 4.99 Å². The SMILES string of the molecule is CC.CC1=CC(C)N=CN1. The number of nitrogens with one attached hydrogen (secondary N) is 1. The first-order valence-electron chi connectivity index (χ1n) is 3.75. The third-order valence-corrected chi connectivity index (χ3v) is 1.09. The van der Waals surface area contributed by atoms with Crippen molar-refractivity contribution in [2.45, 2.75) is 33.7 Å². The van der Waals surface area contributed by atoms with Gasteiger partial charge in [-0.05, 0) is 19.9 Å². The largest absolute Gasteiger partial charge is 0.351 e. The van der Waals surface area contributed by atoms with E-state index in [9.17, 15) is 0 Å². The van der Waals surface area contributed by atoms with E-state index in [1.165, 1.54) is 5.70 Å². The number of aliphatic imine (C=N–C) groups is 1. The third-order valence-electron chi connectivity index (χ3n) is 1.09. The molecule has 0 aromatic heterocycles. The zero-order chi connectivity index (χ0) is 7.98. The van der Waals surface area contributed by atoms with Crippen LogP contribution < -0.4 is 5.32 Å². The fourth-order valence-electron chi connectivity index (χ4n) is 0.710. The molecule has 0 radical (unpaired) electrons. The molecule has 2 heteroatoms. The van der Waals surface area contributed by atoms with E-state index < -0.39 is 0 Å². The van der Waals surface area contributed by atoms with Crippen molar-refractivity contribution >= 4 is 6.34 Å². The Morgan fingerprint density at radius 1 is 1.50 bits per heavy atom. The van der Waals surface area contributed by atoms with Crippen LogP contribution in [0.3, 0.4) is 0 Å². The van der Waals surface area contributed by atoms with Gasteiger partial charge in [-0.1, -0.05) is 13.8 Å². The van der Waals surface area contributed by atoms with Crippen LogP contribution in [0.5, 0.6) is 0 Å². The summed E-state index contributed by atoms with van der Waals surface area (Å²) in [4.78, 5) is 4.07. The molecule has 1 rings (SSSR count). The molecule has 0 aromatic rings. The van der Waals surface area contributed by atoms with E-state index in [1.54, 1.807) is 6.34 Å². The molecular weight excluding hydrogens is 124 g/mol. The molecule has 0 saturated carbocycles. The minimum Gasteiger partial charge on any atom is -0.351 e. The van der Waals surface area contributed by atoms with Gasteiger partial charge in [0.25, 0.3) is 0 Å². The maximum atomic E-state index is 4.07. The number of nitrogens with zero attached hydrogens (tertiary/aromatic N) is 1. The molecule has 0 amide bonds. The van der Waals surface area contributed by atoms with Crippen LogP contribution in [0.1, 0.15) is 27.7 Å². The van der Waals surface area contributed by atoms with Crippen molar-refractivity contribution in [3.05, 3.63) is 11.8 Å². The molecular formula is C8H16N2. The lowest BCUT2D eigenvalue weighted by atomic mass is 10.3. The van der Waals surface area contributed by atoms with Gasteiger partial charge in [0.15, 0.2) is 0 Å². The van der Waals surface area contributed by atoms with E-state index in [2.05, 4.69) is 23.3 Å². The molecule has 1 heterocycles. The van der Waals surface area contributed by atoms with E-state index >= 15 is 0 Å². The average molecular weight is 140 g/mol. The van der Waals surface area contributed by atoms with Crippen LogP contribution in [-0.2, 0) is 0 Å². The van der Waals surface area contributed by atoms with Crippen LogP contribution >= 0.6 is 0 Å². The molecule has 58 valence electrons. The summed E-state index contributed by atoms with van der Waals surface area (Å²) < 4.78 is 0. The Hall–Kier alpha value is -0.790. The van der Waals surface area contributed by atoms with Gasteiger partial charge in [-0.2, -0.15) is 0 Å². The lowest BCUT2D eigenvalue weighted by molar-refractivity contribution is 0.870. The third kappa shape index (κ3) is 3.28. The van der Waals surface area contributed by atoms with E-state index in [-0.39, 0.29) is 0 Å². The smallest absolute Gasteiger partial charge is 0.0872 e. The second-order valence-corrected chi connectivity index (χ2v) is 2.01. The zero-order valence-corrected chi connectivity index (χ0v) is 7.18. The summed E-state index contributed by atoms with van der Waals surface area (Å²) in [5.74, 6) is 0. The van der Waals surface area contributed by atoms with Crippen LogP contribution in [0.25, 0.3) is 0 Å². The van der Waals surface area contributed by atoms with Gasteiger partial charge in [-0.25, -0.2) is 0 Å². The van der Waals surface area contributed by atoms with Gasteiger partial charge in [0, 0.05) is 5.70 Å². The molecule has 0 saturated heterocycles. The Morgan fingerprint density at radius 2 is 2.10 bits per heavy atom. The van der Waals surface area contributed by atoms with Gasteiger partial charge in [-0.3, -0.25) is 4.99 Å². The number of allylic oxidation sites excluding steroid dienone is 1. The van der Waals surface area contributed by atoms with Gasteiger partial charge >= 0.3 is 0 Å². The second kappa shape index (κ2) is 5.03. The summed E-state index contributed by atoms with van der Waals surface area (Å²) in [5, 5.41) is 2.98. The molecule has 2 nitrogen and oxygen atoms in total. The molecule has 0 spiro atoms. The molecule has 1 N–H and O–H groups in total. The molecule has 1 atom stereocenters. The van der Waals surface area contributed by atoms with Crippen molar-refractivity contribution in [3.63, 3.8) is 0 Å². The second-order valence-electron chi connectivity index (χ2n) is 2.01. The van der Waals surface area contributed by atoms with Crippen LogP contribution in [0.2, 0.25) is 0 Å². The summed E-state index contributed by atoms with van der Waals surface area (Å²) in [6, 6.07) is 0.358. The van der Waals surface area contributed by atoms with Crippen molar-refractivity contribution in [2.75, 3.05) is 0 Å². The normalized spacial score (nSPS) is 22.0. The van der Waals surface area contributed by atoms with Crippen LogP contribution in [0.4, 0.5) is 0 Å². The van der Waals surface area contributed by atoms with Gasteiger partial charge in [0.2, 0.25) is 0 Å². The van der Waals surface area contributed by atoms with Crippen molar-refractivity contribution < 1.29 is 0 Å². The highest BCUT2D eigenvalue weighted by Crippen LogP contribution is 1.98. The van der Waals surface area contributed by atoms with Crippen molar-refractivity contribution in [1.82, 2.24) is 5.32 Å². The molecule has 1 aliphatic heterocycles. The fourth-order valence-corrected chi connectivity index (χ4v) is 0.710. The van der Waals surface area contributed by atoms with Gasteiger partial charge in [0.05, 0.1) is 12.4 Å². The summed E-state index contributed by atoms with van der Waals surface area (Å²) in [6.45, 7) is 8.09. The van der Waals surface area contributed by atoms with Crippen LogP contribution in [0, 0.1) is 0 Å². The van der Waals surface area contributed by atoms with Crippen molar-refractivity contribution in [1.29, 1.82) is 0 Å². The topological polar surface area (TPSA) is 24.4 Å². The minimum absolute atomic E-state index is 0.358. The highest BCUT2D eigenvalue weighted by Gasteiger charge is 1.96. The number of hydrogen-bond donors (Lipinski definition) is 1. The Bertz CT molecular complexity index is 136. The van der Waals surface area contributed by atoms with Crippen LogP contribution in [-0.4, -0.2) is 12.4 Å². The highest BCUT2D eigenvalue weighted by molar-refractivity contribution is 5.59. The van der Waals surface area contributed by atoms with Crippen LogP contribution in [0.15, 0.2) is 16.8 Å². The van der Waals surface area contributed by atoms with E-state index in [1.807, 2.05) is 20.8 Å². The van der Waals surface area contributed by atoms with Gasteiger partial charge < -0.3 is 5.32 Å². The number of rotatable bonds is 0.